The predicted molar refractivity (Wildman–Crippen MR) is 61.3 cm³/mol. The number of aliphatic carboxylic acids is 1. The van der Waals surface area contributed by atoms with E-state index < -0.39 is 11.5 Å². The fourth-order valence-corrected chi connectivity index (χ4v) is 1.35. The summed E-state index contributed by atoms with van der Waals surface area (Å²) in [6.45, 7) is 4.08. The monoisotopic (exact) mass is 225 g/mol. The van der Waals surface area contributed by atoms with Crippen LogP contribution >= 0.6 is 0 Å². The van der Waals surface area contributed by atoms with E-state index in [0.717, 1.165) is 12.2 Å². The van der Waals surface area contributed by atoms with Crippen molar-refractivity contribution in [1.29, 1.82) is 0 Å². The van der Waals surface area contributed by atoms with Crippen LogP contribution in [0, 0.1) is 0 Å². The van der Waals surface area contributed by atoms with Gasteiger partial charge in [0, 0.05) is 32.4 Å². The lowest BCUT2D eigenvalue weighted by Gasteiger charge is -2.31. The fourth-order valence-electron chi connectivity index (χ4n) is 1.35. The first-order valence-corrected chi connectivity index (χ1v) is 5.26. The molecule has 90 valence electrons. The van der Waals surface area contributed by atoms with E-state index in [4.69, 9.17) is 5.11 Å². The van der Waals surface area contributed by atoms with Crippen LogP contribution in [0.1, 0.15) is 19.7 Å². The SMILES string of the molecule is CN(CCc1nccn1C)C(C)(C)C(=O)O. The van der Waals surface area contributed by atoms with Gasteiger partial charge in [0.1, 0.15) is 11.4 Å². The Morgan fingerprint density at radius 1 is 1.62 bits per heavy atom. The molecule has 0 bridgehead atoms. The number of carbonyl (C=O) groups is 1. The summed E-state index contributed by atoms with van der Waals surface area (Å²) >= 11 is 0. The largest absolute Gasteiger partial charge is 0.480 e. The van der Waals surface area contributed by atoms with Crippen molar-refractivity contribution >= 4 is 5.97 Å². The number of carboxylic acid groups (broad SMARTS) is 1. The van der Waals surface area contributed by atoms with Gasteiger partial charge >= 0.3 is 5.97 Å². The molecular formula is C11H19N3O2. The van der Waals surface area contributed by atoms with Crippen molar-refractivity contribution < 1.29 is 9.90 Å². The van der Waals surface area contributed by atoms with Crippen molar-refractivity contribution in [3.8, 4) is 0 Å². The van der Waals surface area contributed by atoms with Gasteiger partial charge in [-0.1, -0.05) is 0 Å². The van der Waals surface area contributed by atoms with Crippen LogP contribution in [0.25, 0.3) is 0 Å². The number of aryl methyl sites for hydroxylation is 1. The molecule has 0 aliphatic rings. The van der Waals surface area contributed by atoms with E-state index in [-0.39, 0.29) is 0 Å². The molecular weight excluding hydrogens is 206 g/mol. The van der Waals surface area contributed by atoms with Crippen LogP contribution in [0.15, 0.2) is 12.4 Å². The number of aromatic nitrogens is 2. The first-order chi connectivity index (χ1) is 7.35. The van der Waals surface area contributed by atoms with Gasteiger partial charge in [0.2, 0.25) is 0 Å². The van der Waals surface area contributed by atoms with E-state index in [2.05, 4.69) is 4.98 Å². The topological polar surface area (TPSA) is 58.4 Å². The van der Waals surface area contributed by atoms with E-state index in [9.17, 15) is 4.79 Å². The van der Waals surface area contributed by atoms with Crippen molar-refractivity contribution in [2.24, 2.45) is 7.05 Å². The van der Waals surface area contributed by atoms with Gasteiger partial charge in [-0.15, -0.1) is 0 Å². The van der Waals surface area contributed by atoms with Crippen molar-refractivity contribution in [3.05, 3.63) is 18.2 Å². The summed E-state index contributed by atoms with van der Waals surface area (Å²) in [5.74, 6) is 0.155. The lowest BCUT2D eigenvalue weighted by molar-refractivity contribution is -0.148. The normalized spacial score (nSPS) is 12.1. The highest BCUT2D eigenvalue weighted by molar-refractivity contribution is 5.77. The molecule has 0 spiro atoms. The lowest BCUT2D eigenvalue weighted by atomic mass is 10.0. The van der Waals surface area contributed by atoms with E-state index >= 15 is 0 Å². The third-order valence-corrected chi connectivity index (χ3v) is 3.07. The van der Waals surface area contributed by atoms with Gasteiger partial charge in [0.15, 0.2) is 0 Å². The highest BCUT2D eigenvalue weighted by Crippen LogP contribution is 2.12. The Labute approximate surface area is 95.7 Å². The van der Waals surface area contributed by atoms with Gasteiger partial charge in [-0.2, -0.15) is 0 Å². The standard InChI is InChI=1S/C11H19N3O2/c1-11(2,10(15)16)14(4)7-5-9-12-6-8-13(9)3/h6,8H,5,7H2,1-4H3,(H,15,16). The van der Waals surface area contributed by atoms with Crippen molar-refractivity contribution in [3.63, 3.8) is 0 Å². The minimum Gasteiger partial charge on any atom is -0.480 e. The second-order valence-corrected chi connectivity index (χ2v) is 4.49. The van der Waals surface area contributed by atoms with Crippen LogP contribution in [0.5, 0.6) is 0 Å². The maximum atomic E-state index is 11.0. The van der Waals surface area contributed by atoms with E-state index in [1.165, 1.54) is 0 Å². The summed E-state index contributed by atoms with van der Waals surface area (Å²) in [6, 6.07) is 0. The molecule has 1 aromatic heterocycles. The van der Waals surface area contributed by atoms with Crippen molar-refractivity contribution in [1.82, 2.24) is 14.5 Å². The predicted octanol–water partition coefficient (Wildman–Crippen LogP) is 0.758. The molecule has 1 heterocycles. The Morgan fingerprint density at radius 3 is 2.69 bits per heavy atom. The second-order valence-electron chi connectivity index (χ2n) is 4.49. The molecule has 0 amide bonds. The van der Waals surface area contributed by atoms with Crippen LogP contribution in [0.4, 0.5) is 0 Å². The molecule has 16 heavy (non-hydrogen) atoms. The minimum atomic E-state index is -0.842. The molecule has 1 N–H and O–H groups in total. The molecule has 1 rings (SSSR count). The maximum Gasteiger partial charge on any atom is 0.323 e. The minimum absolute atomic E-state index is 0.671. The summed E-state index contributed by atoms with van der Waals surface area (Å²) < 4.78 is 1.95. The highest BCUT2D eigenvalue weighted by atomic mass is 16.4. The van der Waals surface area contributed by atoms with Crippen LogP contribution in [-0.4, -0.2) is 44.7 Å². The summed E-state index contributed by atoms with van der Waals surface area (Å²) in [6.07, 6.45) is 4.38. The van der Waals surface area contributed by atoms with Crippen LogP contribution in [0.3, 0.4) is 0 Å². The van der Waals surface area contributed by atoms with Gasteiger partial charge in [0.25, 0.3) is 0 Å². The van der Waals surface area contributed by atoms with Crippen LogP contribution in [-0.2, 0) is 18.3 Å². The smallest absolute Gasteiger partial charge is 0.323 e. The molecule has 0 aromatic carbocycles. The van der Waals surface area contributed by atoms with E-state index in [0.29, 0.717) is 6.54 Å². The molecule has 5 heteroatoms. The van der Waals surface area contributed by atoms with Gasteiger partial charge in [0.05, 0.1) is 0 Å². The molecule has 0 aliphatic carbocycles. The average Bonchev–Trinajstić information content (AvgIpc) is 2.60. The molecule has 5 nitrogen and oxygen atoms in total. The summed E-state index contributed by atoms with van der Waals surface area (Å²) in [4.78, 5) is 17.1. The van der Waals surface area contributed by atoms with E-state index in [1.54, 1.807) is 20.0 Å². The molecule has 0 aliphatic heterocycles. The number of hydrogen-bond acceptors (Lipinski definition) is 3. The number of hydrogen-bond donors (Lipinski definition) is 1. The number of imidazole rings is 1. The molecule has 0 unspecified atom stereocenters. The fraction of sp³-hybridized carbons (Fsp3) is 0.636. The highest BCUT2D eigenvalue weighted by Gasteiger charge is 2.31. The number of carboxylic acids is 1. The molecule has 0 atom stereocenters. The Hall–Kier alpha value is -1.36. The van der Waals surface area contributed by atoms with E-state index in [1.807, 2.05) is 29.8 Å². The van der Waals surface area contributed by atoms with Crippen LogP contribution < -0.4 is 0 Å². The first-order valence-electron chi connectivity index (χ1n) is 5.26. The third kappa shape index (κ3) is 2.61. The molecule has 0 saturated heterocycles. The van der Waals surface area contributed by atoms with Crippen LogP contribution in [0.2, 0.25) is 0 Å². The number of nitrogens with zero attached hydrogens (tertiary/aromatic N) is 3. The summed E-state index contributed by atoms with van der Waals surface area (Å²) in [5, 5.41) is 9.06. The average molecular weight is 225 g/mol. The zero-order valence-electron chi connectivity index (χ0n) is 10.3. The zero-order valence-corrected chi connectivity index (χ0v) is 10.3. The van der Waals surface area contributed by atoms with Crippen molar-refractivity contribution in [2.45, 2.75) is 25.8 Å². The van der Waals surface area contributed by atoms with Gasteiger partial charge in [-0.25, -0.2) is 4.98 Å². The van der Waals surface area contributed by atoms with Gasteiger partial charge in [-0.05, 0) is 20.9 Å². The van der Waals surface area contributed by atoms with Gasteiger partial charge in [-0.3, -0.25) is 9.69 Å². The second kappa shape index (κ2) is 4.65. The molecule has 1 aromatic rings. The molecule has 0 radical (unpaired) electrons. The Balaban J connectivity index is 2.56. The Bertz CT molecular complexity index is 371. The Kier molecular flexibility index (Phi) is 3.70. The first kappa shape index (κ1) is 12.7. The lowest BCUT2D eigenvalue weighted by Crippen LogP contribution is -2.48. The third-order valence-electron chi connectivity index (χ3n) is 3.07. The summed E-state index contributed by atoms with van der Waals surface area (Å²) in [5.41, 5.74) is -0.842. The zero-order chi connectivity index (χ0) is 12.3. The Morgan fingerprint density at radius 2 is 2.25 bits per heavy atom. The molecule has 0 fully saturated rings. The maximum absolute atomic E-state index is 11.0. The molecule has 0 saturated carbocycles. The number of rotatable bonds is 5. The van der Waals surface area contributed by atoms with Gasteiger partial charge < -0.3 is 9.67 Å². The summed E-state index contributed by atoms with van der Waals surface area (Å²) in [7, 11) is 3.75. The van der Waals surface area contributed by atoms with Crippen molar-refractivity contribution in [2.75, 3.05) is 13.6 Å². The quantitative estimate of drug-likeness (QED) is 0.803. The number of likely N-dealkylation sites (N-methyl/N-ethyl adjacent to an activating group) is 1.